The summed E-state index contributed by atoms with van der Waals surface area (Å²) < 4.78 is 5.61. The molecule has 0 saturated heterocycles. The number of aliphatic carboxylic acids is 1. The third-order valence-corrected chi connectivity index (χ3v) is 3.56. The third-order valence-electron chi connectivity index (χ3n) is 3.56. The van der Waals surface area contributed by atoms with Gasteiger partial charge >= 0.3 is 5.97 Å². The van der Waals surface area contributed by atoms with Crippen molar-refractivity contribution in [3.63, 3.8) is 0 Å². The predicted octanol–water partition coefficient (Wildman–Crippen LogP) is 4.72. The maximum atomic E-state index is 11.7. The van der Waals surface area contributed by atoms with Crippen LogP contribution in [0.1, 0.15) is 35.6 Å². The van der Waals surface area contributed by atoms with Gasteiger partial charge in [-0.15, -0.1) is 0 Å². The largest absolute Gasteiger partial charge is 0.494 e. The van der Waals surface area contributed by atoms with E-state index in [4.69, 9.17) is 4.74 Å². The Labute approximate surface area is 137 Å². The molecule has 2 rings (SSSR count). The Morgan fingerprint density at radius 1 is 1.17 bits per heavy atom. The maximum Gasteiger partial charge on any atom is 0.336 e. The van der Waals surface area contributed by atoms with Crippen LogP contribution in [0.25, 0.3) is 11.6 Å². The molecular weight excluding hydrogens is 288 g/mol. The Hall–Kier alpha value is -2.55. The first-order chi connectivity index (χ1) is 11.0. The summed E-state index contributed by atoms with van der Waals surface area (Å²) in [6.45, 7) is 6.58. The van der Waals surface area contributed by atoms with Crippen molar-refractivity contribution in [3.05, 3.63) is 64.7 Å². The predicted molar refractivity (Wildman–Crippen MR) is 93.7 cm³/mol. The fourth-order valence-electron chi connectivity index (χ4n) is 2.36. The summed E-state index contributed by atoms with van der Waals surface area (Å²) in [5.74, 6) is -0.176. The van der Waals surface area contributed by atoms with E-state index in [1.807, 2.05) is 63.2 Å². The van der Waals surface area contributed by atoms with Crippen LogP contribution in [0, 0.1) is 13.8 Å². The number of aryl methyl sites for hydroxylation is 2. The van der Waals surface area contributed by atoms with Crippen molar-refractivity contribution in [2.45, 2.75) is 27.2 Å². The Kier molecular flexibility index (Phi) is 5.58. The highest BCUT2D eigenvalue weighted by Crippen LogP contribution is 2.24. The smallest absolute Gasteiger partial charge is 0.336 e. The topological polar surface area (TPSA) is 46.5 Å². The van der Waals surface area contributed by atoms with Gasteiger partial charge in [-0.25, -0.2) is 4.79 Å². The van der Waals surface area contributed by atoms with E-state index in [0.717, 1.165) is 34.4 Å². The molecule has 23 heavy (non-hydrogen) atoms. The van der Waals surface area contributed by atoms with Crippen LogP contribution in [0.5, 0.6) is 5.75 Å². The monoisotopic (exact) mass is 310 g/mol. The molecule has 0 aliphatic carbocycles. The lowest BCUT2D eigenvalue weighted by Crippen LogP contribution is -2.02. The number of carboxylic acids is 1. The molecule has 0 atom stereocenters. The summed E-state index contributed by atoms with van der Waals surface area (Å²) in [7, 11) is 0. The average molecular weight is 310 g/mol. The Bertz CT molecular complexity index is 729. The van der Waals surface area contributed by atoms with E-state index in [0.29, 0.717) is 12.2 Å². The molecule has 2 aromatic rings. The molecule has 1 N–H and O–H groups in total. The molecule has 0 aliphatic rings. The molecule has 120 valence electrons. The number of ether oxygens (including phenoxy) is 1. The highest BCUT2D eigenvalue weighted by Gasteiger charge is 2.13. The number of rotatable bonds is 6. The van der Waals surface area contributed by atoms with Crippen molar-refractivity contribution in [1.29, 1.82) is 0 Å². The van der Waals surface area contributed by atoms with Gasteiger partial charge in [-0.3, -0.25) is 0 Å². The highest BCUT2D eigenvalue weighted by atomic mass is 16.5. The van der Waals surface area contributed by atoms with Gasteiger partial charge in [0, 0.05) is 0 Å². The minimum atomic E-state index is -0.932. The van der Waals surface area contributed by atoms with E-state index in [1.165, 1.54) is 0 Å². The molecular formula is C20H22O3. The van der Waals surface area contributed by atoms with Crippen LogP contribution in [-0.4, -0.2) is 17.7 Å². The van der Waals surface area contributed by atoms with E-state index in [1.54, 1.807) is 6.08 Å². The van der Waals surface area contributed by atoms with E-state index in [2.05, 4.69) is 0 Å². The number of hydrogen-bond donors (Lipinski definition) is 1. The van der Waals surface area contributed by atoms with Crippen LogP contribution in [0.2, 0.25) is 0 Å². The van der Waals surface area contributed by atoms with Gasteiger partial charge < -0.3 is 9.84 Å². The Morgan fingerprint density at radius 3 is 2.65 bits per heavy atom. The fraction of sp³-hybridized carbons (Fsp3) is 0.250. The summed E-state index contributed by atoms with van der Waals surface area (Å²) in [5.41, 5.74) is 3.84. The van der Waals surface area contributed by atoms with Gasteiger partial charge in [0.15, 0.2) is 0 Å². The van der Waals surface area contributed by atoms with Crippen molar-refractivity contribution >= 4 is 17.6 Å². The van der Waals surface area contributed by atoms with Gasteiger partial charge in [0.05, 0.1) is 12.2 Å². The van der Waals surface area contributed by atoms with Crippen LogP contribution in [0.3, 0.4) is 0 Å². The molecule has 0 saturated carbocycles. The van der Waals surface area contributed by atoms with Gasteiger partial charge in [0.2, 0.25) is 0 Å². The molecule has 2 aromatic carbocycles. The van der Waals surface area contributed by atoms with Crippen LogP contribution < -0.4 is 4.74 Å². The van der Waals surface area contributed by atoms with Gasteiger partial charge in [0.25, 0.3) is 0 Å². The van der Waals surface area contributed by atoms with Crippen molar-refractivity contribution in [3.8, 4) is 5.75 Å². The number of carbonyl (C=O) groups is 1. The molecule has 0 aromatic heterocycles. The minimum absolute atomic E-state index is 0.291. The first-order valence-corrected chi connectivity index (χ1v) is 7.76. The Balaban J connectivity index is 2.43. The van der Waals surface area contributed by atoms with E-state index in [9.17, 15) is 9.90 Å². The van der Waals surface area contributed by atoms with E-state index >= 15 is 0 Å². The summed E-state index contributed by atoms with van der Waals surface area (Å²) in [6.07, 6.45) is 2.63. The zero-order valence-corrected chi connectivity index (χ0v) is 13.8. The van der Waals surface area contributed by atoms with Gasteiger partial charge in [-0.2, -0.15) is 0 Å². The molecule has 0 unspecified atom stereocenters. The maximum absolute atomic E-state index is 11.7. The summed E-state index contributed by atoms with van der Waals surface area (Å²) in [5, 5.41) is 9.61. The average Bonchev–Trinajstić information content (AvgIpc) is 2.53. The fourth-order valence-corrected chi connectivity index (χ4v) is 2.36. The number of hydrogen-bond acceptors (Lipinski definition) is 2. The van der Waals surface area contributed by atoms with E-state index < -0.39 is 5.97 Å². The molecule has 0 radical (unpaired) electrons. The second-order valence-electron chi connectivity index (χ2n) is 5.60. The SMILES string of the molecule is CCCOc1cccc(/C=C(\C(=O)O)c2cc(C)ccc2C)c1. The minimum Gasteiger partial charge on any atom is -0.494 e. The second-order valence-corrected chi connectivity index (χ2v) is 5.60. The molecule has 3 nitrogen and oxygen atoms in total. The first-order valence-electron chi connectivity index (χ1n) is 7.76. The zero-order valence-electron chi connectivity index (χ0n) is 13.8. The van der Waals surface area contributed by atoms with Crippen molar-refractivity contribution in [2.75, 3.05) is 6.61 Å². The first kappa shape index (κ1) is 16.8. The molecule has 0 aliphatic heterocycles. The summed E-state index contributed by atoms with van der Waals surface area (Å²) >= 11 is 0. The van der Waals surface area contributed by atoms with Gasteiger partial charge in [-0.05, 0) is 55.2 Å². The lowest BCUT2D eigenvalue weighted by Gasteiger charge is -2.09. The molecule has 0 heterocycles. The van der Waals surface area contributed by atoms with Crippen LogP contribution >= 0.6 is 0 Å². The van der Waals surface area contributed by atoms with Crippen molar-refractivity contribution < 1.29 is 14.6 Å². The van der Waals surface area contributed by atoms with E-state index in [-0.39, 0.29) is 0 Å². The second kappa shape index (κ2) is 7.63. The zero-order chi connectivity index (χ0) is 16.8. The molecule has 3 heteroatoms. The van der Waals surface area contributed by atoms with Crippen molar-refractivity contribution in [1.82, 2.24) is 0 Å². The van der Waals surface area contributed by atoms with Crippen molar-refractivity contribution in [2.24, 2.45) is 0 Å². The van der Waals surface area contributed by atoms with Gasteiger partial charge in [0.1, 0.15) is 5.75 Å². The van der Waals surface area contributed by atoms with Crippen LogP contribution in [-0.2, 0) is 4.79 Å². The third kappa shape index (κ3) is 4.46. The molecule has 0 fully saturated rings. The number of benzene rings is 2. The Morgan fingerprint density at radius 2 is 1.96 bits per heavy atom. The number of carboxylic acid groups (broad SMARTS) is 1. The molecule has 0 bridgehead atoms. The van der Waals surface area contributed by atoms with Gasteiger partial charge in [-0.1, -0.05) is 42.8 Å². The van der Waals surface area contributed by atoms with Crippen LogP contribution in [0.4, 0.5) is 0 Å². The standard InChI is InChI=1S/C20H22O3/c1-4-10-23-17-7-5-6-16(12-17)13-19(20(21)22)18-11-14(2)8-9-15(18)3/h5-9,11-13H,4,10H2,1-3H3,(H,21,22)/b19-13-. The van der Waals surface area contributed by atoms with Crippen LogP contribution in [0.15, 0.2) is 42.5 Å². The normalized spacial score (nSPS) is 11.3. The quantitative estimate of drug-likeness (QED) is 0.620. The molecule has 0 amide bonds. The molecule has 0 spiro atoms. The lowest BCUT2D eigenvalue weighted by atomic mass is 9.96. The highest BCUT2D eigenvalue weighted by molar-refractivity contribution is 6.21. The summed E-state index contributed by atoms with van der Waals surface area (Å²) in [4.78, 5) is 11.7. The summed E-state index contributed by atoms with van der Waals surface area (Å²) in [6, 6.07) is 13.3. The lowest BCUT2D eigenvalue weighted by molar-refractivity contribution is -0.130.